The maximum Gasteiger partial charge on any atom is 0.197 e. The molecule has 1 N–H and O–H groups in total. The molecule has 0 spiro atoms. The molecule has 0 bridgehead atoms. The second kappa shape index (κ2) is 8.82. The van der Waals surface area contributed by atoms with Gasteiger partial charge in [-0.25, -0.2) is 14.5 Å². The molecule has 0 atom stereocenters. The Kier molecular flexibility index (Phi) is 5.63. The molecule has 0 aromatic carbocycles. The summed E-state index contributed by atoms with van der Waals surface area (Å²) in [5, 5.41) is 5.64. The van der Waals surface area contributed by atoms with E-state index in [4.69, 9.17) is 14.5 Å². The summed E-state index contributed by atoms with van der Waals surface area (Å²) in [6.07, 6.45) is 9.38. The highest BCUT2D eigenvalue weighted by Crippen LogP contribution is 2.41. The smallest absolute Gasteiger partial charge is 0.197 e. The SMILES string of the molecule is COc1cc(-c2[nH]c3cnc(N4CCC(CC5COC5)CC4)c(C)c3c2C(C)C)cn2ncnc12. The lowest BCUT2D eigenvalue weighted by Crippen LogP contribution is -2.37. The molecule has 184 valence electrons. The molecule has 4 aromatic rings. The predicted octanol–water partition coefficient (Wildman–Crippen LogP) is 4.97. The monoisotopic (exact) mass is 474 g/mol. The minimum Gasteiger partial charge on any atom is -0.493 e. The van der Waals surface area contributed by atoms with Crippen molar-refractivity contribution < 1.29 is 9.47 Å². The molecule has 2 fully saturated rings. The lowest BCUT2D eigenvalue weighted by Gasteiger charge is -2.36. The first-order valence-corrected chi connectivity index (χ1v) is 12.7. The summed E-state index contributed by atoms with van der Waals surface area (Å²) in [5.74, 6) is 3.77. The van der Waals surface area contributed by atoms with Crippen molar-refractivity contribution in [2.45, 2.75) is 46.0 Å². The van der Waals surface area contributed by atoms with Gasteiger partial charge in [-0.2, -0.15) is 5.10 Å². The van der Waals surface area contributed by atoms with Crippen LogP contribution in [-0.2, 0) is 4.74 Å². The molecular weight excluding hydrogens is 440 g/mol. The van der Waals surface area contributed by atoms with Crippen molar-refractivity contribution >= 4 is 22.4 Å². The molecule has 0 radical (unpaired) electrons. The van der Waals surface area contributed by atoms with Crippen LogP contribution in [0.1, 0.15) is 50.2 Å². The number of hydrogen-bond acceptors (Lipinski definition) is 6. The summed E-state index contributed by atoms with van der Waals surface area (Å²) >= 11 is 0. The number of aromatic nitrogens is 5. The van der Waals surface area contributed by atoms with Crippen molar-refractivity contribution in [1.82, 2.24) is 24.6 Å². The van der Waals surface area contributed by atoms with Crippen molar-refractivity contribution in [3.05, 3.63) is 35.9 Å². The Morgan fingerprint density at radius 1 is 1.17 bits per heavy atom. The van der Waals surface area contributed by atoms with Gasteiger partial charge in [-0.3, -0.25) is 0 Å². The zero-order valence-electron chi connectivity index (χ0n) is 21.0. The maximum atomic E-state index is 5.62. The highest BCUT2D eigenvalue weighted by molar-refractivity contribution is 5.95. The molecule has 4 aromatic heterocycles. The number of anilines is 1. The second-order valence-electron chi connectivity index (χ2n) is 10.5. The fraction of sp³-hybridized carbons (Fsp3) is 0.519. The molecule has 8 heteroatoms. The molecule has 6 heterocycles. The van der Waals surface area contributed by atoms with Crippen LogP contribution in [-0.4, -0.2) is 58.0 Å². The third-order valence-electron chi connectivity index (χ3n) is 7.81. The molecule has 2 aliphatic heterocycles. The fourth-order valence-corrected chi connectivity index (χ4v) is 5.95. The number of aromatic amines is 1. The molecule has 0 unspecified atom stereocenters. The molecule has 2 aliphatic rings. The summed E-state index contributed by atoms with van der Waals surface area (Å²) in [4.78, 5) is 15.4. The summed E-state index contributed by atoms with van der Waals surface area (Å²) in [6, 6.07) is 2.04. The second-order valence-corrected chi connectivity index (χ2v) is 10.5. The number of nitrogens with one attached hydrogen (secondary N) is 1. The Bertz CT molecular complexity index is 1360. The number of methoxy groups -OCH3 is 1. The van der Waals surface area contributed by atoms with Gasteiger partial charge in [-0.1, -0.05) is 13.8 Å². The van der Waals surface area contributed by atoms with E-state index in [2.05, 4.69) is 40.7 Å². The first kappa shape index (κ1) is 22.3. The first-order valence-electron chi connectivity index (χ1n) is 12.7. The zero-order valence-corrected chi connectivity index (χ0v) is 21.0. The van der Waals surface area contributed by atoms with Crippen LogP contribution in [0.25, 0.3) is 27.8 Å². The molecule has 6 rings (SSSR count). The molecule has 0 saturated carbocycles. The van der Waals surface area contributed by atoms with Crippen LogP contribution in [0, 0.1) is 18.8 Å². The Morgan fingerprint density at radius 2 is 1.97 bits per heavy atom. The van der Waals surface area contributed by atoms with E-state index in [1.807, 2.05) is 18.5 Å². The number of nitrogens with zero attached hydrogens (tertiary/aromatic N) is 5. The fourth-order valence-electron chi connectivity index (χ4n) is 5.95. The summed E-state index contributed by atoms with van der Waals surface area (Å²) in [5.41, 5.74) is 6.47. The number of pyridine rings is 2. The van der Waals surface area contributed by atoms with E-state index in [0.717, 1.165) is 60.7 Å². The van der Waals surface area contributed by atoms with Gasteiger partial charge < -0.3 is 19.4 Å². The van der Waals surface area contributed by atoms with E-state index >= 15 is 0 Å². The van der Waals surface area contributed by atoms with Gasteiger partial charge in [0.2, 0.25) is 0 Å². The van der Waals surface area contributed by atoms with Crippen LogP contribution in [0.2, 0.25) is 0 Å². The van der Waals surface area contributed by atoms with Crippen molar-refractivity contribution in [2.75, 3.05) is 38.3 Å². The Balaban J connectivity index is 1.37. The molecule has 35 heavy (non-hydrogen) atoms. The van der Waals surface area contributed by atoms with E-state index in [1.54, 1.807) is 18.0 Å². The highest BCUT2D eigenvalue weighted by atomic mass is 16.5. The van der Waals surface area contributed by atoms with Crippen LogP contribution in [0.4, 0.5) is 5.82 Å². The zero-order chi connectivity index (χ0) is 24.1. The largest absolute Gasteiger partial charge is 0.493 e. The molecule has 0 aliphatic carbocycles. The summed E-state index contributed by atoms with van der Waals surface area (Å²) in [7, 11) is 1.67. The van der Waals surface area contributed by atoms with Gasteiger partial charge >= 0.3 is 0 Å². The average Bonchev–Trinajstić information content (AvgIpc) is 3.47. The quantitative estimate of drug-likeness (QED) is 0.425. The molecule has 8 nitrogen and oxygen atoms in total. The number of H-pyrrole nitrogens is 1. The standard InChI is InChI=1S/C27H34N6O2/c1-16(2)23-24-17(3)26(32-7-5-18(6-8-32)9-19-13-35-14-19)28-11-21(24)31-25(23)20-10-22(34-4)27-29-15-30-33(27)12-20/h10-12,15-16,18-19,31H,5-9,13-14H2,1-4H3. The highest BCUT2D eigenvalue weighted by Gasteiger charge is 2.28. The topological polar surface area (TPSA) is 80.6 Å². The average molecular weight is 475 g/mol. The van der Waals surface area contributed by atoms with Gasteiger partial charge in [0.05, 0.1) is 37.7 Å². The van der Waals surface area contributed by atoms with E-state index in [1.165, 1.54) is 35.8 Å². The van der Waals surface area contributed by atoms with Gasteiger partial charge in [-0.15, -0.1) is 0 Å². The van der Waals surface area contributed by atoms with Gasteiger partial charge in [0.25, 0.3) is 0 Å². The first-order chi connectivity index (χ1) is 17.0. The van der Waals surface area contributed by atoms with E-state index in [9.17, 15) is 0 Å². The maximum absolute atomic E-state index is 5.62. The lowest BCUT2D eigenvalue weighted by atomic mass is 9.86. The van der Waals surface area contributed by atoms with E-state index in [-0.39, 0.29) is 0 Å². The van der Waals surface area contributed by atoms with Crippen LogP contribution >= 0.6 is 0 Å². The third-order valence-corrected chi connectivity index (χ3v) is 7.81. The third kappa shape index (κ3) is 3.84. The Hall–Kier alpha value is -3.13. The minimum absolute atomic E-state index is 0.334. The Morgan fingerprint density at radius 3 is 2.66 bits per heavy atom. The van der Waals surface area contributed by atoms with Crippen LogP contribution in [0.15, 0.2) is 24.8 Å². The van der Waals surface area contributed by atoms with Gasteiger partial charge in [0.15, 0.2) is 11.4 Å². The van der Waals surface area contributed by atoms with E-state index in [0.29, 0.717) is 17.3 Å². The molecule has 0 amide bonds. The van der Waals surface area contributed by atoms with Crippen molar-refractivity contribution in [1.29, 1.82) is 0 Å². The van der Waals surface area contributed by atoms with Crippen molar-refractivity contribution in [3.63, 3.8) is 0 Å². The van der Waals surface area contributed by atoms with Crippen LogP contribution in [0.3, 0.4) is 0 Å². The Labute approximate surface area is 205 Å². The van der Waals surface area contributed by atoms with Gasteiger partial charge in [0, 0.05) is 41.7 Å². The predicted molar refractivity (Wildman–Crippen MR) is 137 cm³/mol. The van der Waals surface area contributed by atoms with Crippen LogP contribution in [0.5, 0.6) is 5.75 Å². The van der Waals surface area contributed by atoms with Gasteiger partial charge in [-0.05, 0) is 49.7 Å². The number of rotatable bonds is 6. The van der Waals surface area contributed by atoms with E-state index < -0.39 is 0 Å². The number of ether oxygens (including phenoxy) is 2. The number of aryl methyl sites for hydroxylation is 1. The normalized spacial score (nSPS) is 17.6. The summed E-state index contributed by atoms with van der Waals surface area (Å²) in [6.45, 7) is 10.8. The molecule has 2 saturated heterocycles. The van der Waals surface area contributed by atoms with Crippen molar-refractivity contribution in [3.8, 4) is 17.0 Å². The van der Waals surface area contributed by atoms with Crippen LogP contribution < -0.4 is 9.64 Å². The number of fused-ring (bicyclic) bond motifs is 2. The minimum atomic E-state index is 0.334. The summed E-state index contributed by atoms with van der Waals surface area (Å²) < 4.78 is 12.8. The number of hydrogen-bond donors (Lipinski definition) is 1. The number of piperidine rings is 1. The van der Waals surface area contributed by atoms with Gasteiger partial charge in [0.1, 0.15) is 12.1 Å². The van der Waals surface area contributed by atoms with Crippen molar-refractivity contribution in [2.24, 2.45) is 11.8 Å². The molecular formula is C27H34N6O2. The lowest BCUT2D eigenvalue weighted by molar-refractivity contribution is -0.0438.